The van der Waals surface area contributed by atoms with Crippen LogP contribution in [0.25, 0.3) is 0 Å². The maximum absolute atomic E-state index is 6.46. The van der Waals surface area contributed by atoms with Gasteiger partial charge in [-0.25, -0.2) is 0 Å². The minimum atomic E-state index is 0.308. The van der Waals surface area contributed by atoms with Gasteiger partial charge in [0.05, 0.1) is 17.0 Å². The van der Waals surface area contributed by atoms with Gasteiger partial charge in [-0.2, -0.15) is 0 Å². The van der Waals surface area contributed by atoms with Crippen molar-refractivity contribution in [3.8, 4) is 0 Å². The second-order valence-corrected chi connectivity index (χ2v) is 5.76. The molecule has 4 heteroatoms. The number of nitrogens with zero attached hydrogens (tertiary/aromatic N) is 1. The van der Waals surface area contributed by atoms with Gasteiger partial charge in [0.2, 0.25) is 0 Å². The average Bonchev–Trinajstić information content (AvgIpc) is 2.84. The molecule has 0 spiro atoms. The van der Waals surface area contributed by atoms with Crippen LogP contribution < -0.4 is 10.2 Å². The van der Waals surface area contributed by atoms with Gasteiger partial charge in [0.15, 0.2) is 0 Å². The lowest BCUT2D eigenvalue weighted by molar-refractivity contribution is 0.529. The SMILES string of the molecule is CCNC(C)c1ccc(N(C)Cc2ccoc2C)c(Cl)c1. The highest BCUT2D eigenvalue weighted by atomic mass is 35.5. The van der Waals surface area contributed by atoms with Crippen LogP contribution in [0.3, 0.4) is 0 Å². The van der Waals surface area contributed by atoms with Gasteiger partial charge in [-0.15, -0.1) is 0 Å². The molecule has 1 unspecified atom stereocenters. The summed E-state index contributed by atoms with van der Waals surface area (Å²) in [4.78, 5) is 2.14. The van der Waals surface area contributed by atoms with E-state index in [4.69, 9.17) is 16.0 Å². The van der Waals surface area contributed by atoms with E-state index in [1.165, 1.54) is 11.1 Å². The van der Waals surface area contributed by atoms with Crippen molar-refractivity contribution in [3.63, 3.8) is 0 Å². The fourth-order valence-electron chi connectivity index (χ4n) is 2.44. The molecule has 1 atom stereocenters. The molecule has 3 nitrogen and oxygen atoms in total. The highest BCUT2D eigenvalue weighted by Crippen LogP contribution is 2.29. The molecule has 0 amide bonds. The van der Waals surface area contributed by atoms with Gasteiger partial charge >= 0.3 is 0 Å². The minimum Gasteiger partial charge on any atom is -0.469 e. The maximum Gasteiger partial charge on any atom is 0.105 e. The number of hydrogen-bond acceptors (Lipinski definition) is 3. The van der Waals surface area contributed by atoms with Crippen molar-refractivity contribution in [1.82, 2.24) is 5.32 Å². The van der Waals surface area contributed by atoms with Crippen molar-refractivity contribution in [2.24, 2.45) is 0 Å². The summed E-state index contributed by atoms with van der Waals surface area (Å²) in [6.07, 6.45) is 1.72. The van der Waals surface area contributed by atoms with Gasteiger partial charge in [-0.1, -0.05) is 24.6 Å². The van der Waals surface area contributed by atoms with Gasteiger partial charge in [-0.05, 0) is 44.2 Å². The summed E-state index contributed by atoms with van der Waals surface area (Å²) in [7, 11) is 2.04. The highest BCUT2D eigenvalue weighted by molar-refractivity contribution is 6.33. The third-order valence-electron chi connectivity index (χ3n) is 3.77. The summed E-state index contributed by atoms with van der Waals surface area (Å²) >= 11 is 6.46. The average molecular weight is 307 g/mol. The first-order valence-electron chi connectivity index (χ1n) is 7.29. The predicted octanol–water partition coefficient (Wildman–Crippen LogP) is 4.55. The number of nitrogens with one attached hydrogen (secondary N) is 1. The first-order valence-corrected chi connectivity index (χ1v) is 7.67. The molecule has 1 aromatic carbocycles. The zero-order valence-corrected chi connectivity index (χ0v) is 13.9. The molecule has 0 fully saturated rings. The highest BCUT2D eigenvalue weighted by Gasteiger charge is 2.12. The summed E-state index contributed by atoms with van der Waals surface area (Å²) in [5, 5.41) is 4.18. The van der Waals surface area contributed by atoms with Crippen molar-refractivity contribution in [2.75, 3.05) is 18.5 Å². The number of benzene rings is 1. The Bertz CT molecular complexity index is 594. The lowest BCUT2D eigenvalue weighted by Gasteiger charge is -2.22. The van der Waals surface area contributed by atoms with Crippen molar-refractivity contribution < 1.29 is 4.42 Å². The van der Waals surface area contributed by atoms with Crippen molar-refractivity contribution >= 4 is 17.3 Å². The van der Waals surface area contributed by atoms with Crippen LogP contribution in [0.15, 0.2) is 34.9 Å². The smallest absolute Gasteiger partial charge is 0.105 e. The van der Waals surface area contributed by atoms with E-state index in [-0.39, 0.29) is 0 Å². The zero-order valence-electron chi connectivity index (χ0n) is 13.1. The Kier molecular flexibility index (Phi) is 5.32. The normalized spacial score (nSPS) is 12.4. The Morgan fingerprint density at radius 2 is 2.10 bits per heavy atom. The largest absolute Gasteiger partial charge is 0.469 e. The van der Waals surface area contributed by atoms with Crippen LogP contribution in [-0.4, -0.2) is 13.6 Å². The van der Waals surface area contributed by atoms with Gasteiger partial charge in [-0.3, -0.25) is 0 Å². The first-order chi connectivity index (χ1) is 10.0. The number of rotatable bonds is 6. The lowest BCUT2D eigenvalue weighted by atomic mass is 10.1. The third kappa shape index (κ3) is 3.80. The Balaban J connectivity index is 2.15. The fraction of sp³-hybridized carbons (Fsp3) is 0.412. The number of furan rings is 1. The summed E-state index contributed by atoms with van der Waals surface area (Å²) in [6.45, 7) is 7.96. The molecule has 0 aliphatic rings. The van der Waals surface area contributed by atoms with Crippen LogP contribution in [0.5, 0.6) is 0 Å². The fourth-order valence-corrected chi connectivity index (χ4v) is 2.78. The van der Waals surface area contributed by atoms with E-state index in [1.807, 2.05) is 26.1 Å². The van der Waals surface area contributed by atoms with Crippen molar-refractivity contribution in [1.29, 1.82) is 0 Å². The lowest BCUT2D eigenvalue weighted by Crippen LogP contribution is -2.19. The number of halogens is 1. The van der Waals surface area contributed by atoms with Crippen molar-refractivity contribution in [3.05, 3.63) is 52.4 Å². The Morgan fingerprint density at radius 1 is 1.33 bits per heavy atom. The molecule has 2 aromatic rings. The molecule has 0 saturated heterocycles. The Morgan fingerprint density at radius 3 is 2.67 bits per heavy atom. The molecule has 1 aromatic heterocycles. The van der Waals surface area contributed by atoms with Crippen LogP contribution in [0.4, 0.5) is 5.69 Å². The van der Waals surface area contributed by atoms with Gasteiger partial charge in [0.25, 0.3) is 0 Å². The summed E-state index contributed by atoms with van der Waals surface area (Å²) in [5.74, 6) is 0.954. The van der Waals surface area contributed by atoms with Crippen LogP contribution in [-0.2, 0) is 6.54 Å². The van der Waals surface area contributed by atoms with Crippen LogP contribution >= 0.6 is 11.6 Å². The first kappa shape index (κ1) is 15.9. The van der Waals surface area contributed by atoms with E-state index >= 15 is 0 Å². The molecule has 1 N–H and O–H groups in total. The van der Waals surface area contributed by atoms with E-state index in [9.17, 15) is 0 Å². The molecule has 2 rings (SSSR count). The van der Waals surface area contributed by atoms with Gasteiger partial charge in [0.1, 0.15) is 5.76 Å². The molecule has 0 radical (unpaired) electrons. The molecule has 114 valence electrons. The van der Waals surface area contributed by atoms with E-state index in [0.717, 1.165) is 29.6 Å². The topological polar surface area (TPSA) is 28.4 Å². The number of anilines is 1. The number of hydrogen-bond donors (Lipinski definition) is 1. The van der Waals surface area contributed by atoms with E-state index in [0.29, 0.717) is 6.04 Å². The molecular weight excluding hydrogens is 284 g/mol. The molecular formula is C17H23ClN2O. The molecule has 1 heterocycles. The van der Waals surface area contributed by atoms with Crippen LogP contribution in [0.1, 0.15) is 36.8 Å². The van der Waals surface area contributed by atoms with Gasteiger partial charge < -0.3 is 14.6 Å². The monoisotopic (exact) mass is 306 g/mol. The molecule has 21 heavy (non-hydrogen) atoms. The van der Waals surface area contributed by atoms with Crippen LogP contribution in [0, 0.1) is 6.92 Å². The molecule has 0 saturated carbocycles. The zero-order chi connectivity index (χ0) is 15.4. The van der Waals surface area contributed by atoms with Crippen molar-refractivity contribution in [2.45, 2.75) is 33.4 Å². The molecule has 0 aliphatic carbocycles. The summed E-state index contributed by atoms with van der Waals surface area (Å²) < 4.78 is 5.34. The second-order valence-electron chi connectivity index (χ2n) is 5.35. The van der Waals surface area contributed by atoms with Gasteiger partial charge in [0, 0.05) is 25.2 Å². The maximum atomic E-state index is 6.46. The quantitative estimate of drug-likeness (QED) is 0.849. The molecule has 0 bridgehead atoms. The Hall–Kier alpha value is -1.45. The number of aryl methyl sites for hydroxylation is 1. The third-order valence-corrected chi connectivity index (χ3v) is 4.07. The Labute approximate surface area is 131 Å². The standard InChI is InChI=1S/C17H23ClN2O/c1-5-19-12(2)14-6-7-17(16(18)10-14)20(4)11-15-8-9-21-13(15)3/h6-10,12,19H,5,11H2,1-4H3. The second kappa shape index (κ2) is 7.01. The van der Waals surface area contributed by atoms with Crippen LogP contribution in [0.2, 0.25) is 5.02 Å². The van der Waals surface area contributed by atoms with E-state index < -0.39 is 0 Å². The van der Waals surface area contributed by atoms with E-state index in [1.54, 1.807) is 6.26 Å². The minimum absolute atomic E-state index is 0.308. The molecule has 0 aliphatic heterocycles. The van der Waals surface area contributed by atoms with E-state index in [2.05, 4.69) is 36.2 Å². The predicted molar refractivity (Wildman–Crippen MR) is 89.1 cm³/mol. The summed E-state index contributed by atoms with van der Waals surface area (Å²) in [5.41, 5.74) is 3.42. The summed E-state index contributed by atoms with van der Waals surface area (Å²) in [6, 6.07) is 8.57.